The molecule has 0 aromatic heterocycles. The van der Waals surface area contributed by atoms with E-state index in [0.29, 0.717) is 38.3 Å². The number of para-hydroxylation sites is 1. The second-order valence-corrected chi connectivity index (χ2v) is 9.85. The monoisotopic (exact) mass is 459 g/mol. The quantitative estimate of drug-likeness (QED) is 0.704. The summed E-state index contributed by atoms with van der Waals surface area (Å²) in [6.45, 7) is 4.83. The molecule has 0 spiro atoms. The minimum absolute atomic E-state index is 0.0190. The predicted octanol–water partition coefficient (Wildman–Crippen LogP) is 3.68. The van der Waals surface area contributed by atoms with Crippen LogP contribution in [0.1, 0.15) is 47.2 Å². The molecule has 6 heteroatoms. The molecule has 1 saturated heterocycles. The van der Waals surface area contributed by atoms with Gasteiger partial charge in [-0.15, -0.1) is 0 Å². The number of nitrogens with zero attached hydrogens (tertiary/aromatic N) is 3. The molecular weight excluding hydrogens is 426 g/mol. The molecular formula is C28H33N3O3. The van der Waals surface area contributed by atoms with Gasteiger partial charge in [0.15, 0.2) is 0 Å². The number of hydrogen-bond acceptors (Lipinski definition) is 3. The van der Waals surface area contributed by atoms with Gasteiger partial charge in [0.05, 0.1) is 5.92 Å². The topological polar surface area (TPSA) is 60.9 Å². The fourth-order valence-corrected chi connectivity index (χ4v) is 5.73. The molecule has 5 rings (SSSR count). The Hall–Kier alpha value is -3.15. The van der Waals surface area contributed by atoms with Crippen LogP contribution in [0.5, 0.6) is 0 Å². The summed E-state index contributed by atoms with van der Waals surface area (Å²) in [5.74, 6) is -0.289. The Morgan fingerprint density at radius 1 is 0.735 bits per heavy atom. The molecule has 2 heterocycles. The number of fused-ring (bicyclic) bond motifs is 1. The Bertz CT molecular complexity index is 1070. The highest BCUT2D eigenvalue weighted by Gasteiger charge is 2.41. The Morgan fingerprint density at radius 2 is 1.35 bits per heavy atom. The van der Waals surface area contributed by atoms with Gasteiger partial charge in [-0.05, 0) is 49.9 Å². The largest absolute Gasteiger partial charge is 0.339 e. The van der Waals surface area contributed by atoms with Crippen molar-refractivity contribution in [2.24, 2.45) is 11.8 Å². The van der Waals surface area contributed by atoms with Crippen molar-refractivity contribution in [3.05, 3.63) is 65.2 Å². The van der Waals surface area contributed by atoms with E-state index < -0.39 is 0 Å². The number of carbonyl (C=O) groups is 3. The molecule has 3 aliphatic rings. The molecule has 2 aromatic carbocycles. The molecule has 0 N–H and O–H groups in total. The predicted molar refractivity (Wildman–Crippen MR) is 132 cm³/mol. The summed E-state index contributed by atoms with van der Waals surface area (Å²) in [7, 11) is 0. The molecule has 3 amide bonds. The third kappa shape index (κ3) is 4.33. The van der Waals surface area contributed by atoms with Gasteiger partial charge in [-0.3, -0.25) is 14.4 Å². The standard InChI is InChI=1S/C28H33N3O3/c1-20-10-12-22(13-11-20)26(32)29-16-18-30(19-17-29)27(33)23-7-3-4-8-24(23)28(34)31-15-14-21-6-2-5-9-25(21)31/h2,5-6,9-13,23-24H,3-4,7-8,14-19H2,1H3. The Kier molecular flexibility index (Phi) is 6.40. The summed E-state index contributed by atoms with van der Waals surface area (Å²) >= 11 is 0. The lowest BCUT2D eigenvalue weighted by molar-refractivity contribution is -0.144. The lowest BCUT2D eigenvalue weighted by atomic mass is 9.77. The highest BCUT2D eigenvalue weighted by Crippen LogP contribution is 2.36. The second-order valence-electron chi connectivity index (χ2n) is 9.85. The van der Waals surface area contributed by atoms with Crippen molar-refractivity contribution in [3.8, 4) is 0 Å². The van der Waals surface area contributed by atoms with Gasteiger partial charge in [0.1, 0.15) is 0 Å². The molecule has 2 fully saturated rings. The van der Waals surface area contributed by atoms with Gasteiger partial charge >= 0.3 is 0 Å². The maximum absolute atomic E-state index is 13.6. The summed E-state index contributed by atoms with van der Waals surface area (Å²) in [6, 6.07) is 15.7. The van der Waals surface area contributed by atoms with Crippen molar-refractivity contribution in [3.63, 3.8) is 0 Å². The number of piperazine rings is 1. The number of hydrogen-bond donors (Lipinski definition) is 0. The lowest BCUT2D eigenvalue weighted by Gasteiger charge is -2.39. The third-order valence-electron chi connectivity index (χ3n) is 7.73. The van der Waals surface area contributed by atoms with Gasteiger partial charge < -0.3 is 14.7 Å². The average molecular weight is 460 g/mol. The van der Waals surface area contributed by atoms with E-state index in [2.05, 4.69) is 6.07 Å². The molecule has 6 nitrogen and oxygen atoms in total. The number of aryl methyl sites for hydroxylation is 1. The Balaban J connectivity index is 1.23. The lowest BCUT2D eigenvalue weighted by Crippen LogP contribution is -2.54. The van der Waals surface area contributed by atoms with Crippen LogP contribution >= 0.6 is 0 Å². The van der Waals surface area contributed by atoms with Crippen molar-refractivity contribution in [1.82, 2.24) is 9.80 Å². The van der Waals surface area contributed by atoms with Crippen LogP contribution in [0.2, 0.25) is 0 Å². The number of anilines is 1. The van der Waals surface area contributed by atoms with Gasteiger partial charge in [0, 0.05) is 49.9 Å². The van der Waals surface area contributed by atoms with Gasteiger partial charge in [-0.1, -0.05) is 48.7 Å². The molecule has 2 unspecified atom stereocenters. The first kappa shape index (κ1) is 22.6. The van der Waals surface area contributed by atoms with Crippen molar-refractivity contribution < 1.29 is 14.4 Å². The van der Waals surface area contributed by atoms with Crippen molar-refractivity contribution in [2.45, 2.75) is 39.0 Å². The zero-order chi connectivity index (χ0) is 23.7. The van der Waals surface area contributed by atoms with Gasteiger partial charge in [0.25, 0.3) is 5.91 Å². The van der Waals surface area contributed by atoms with Crippen LogP contribution in [-0.2, 0) is 16.0 Å². The average Bonchev–Trinajstić information content (AvgIpc) is 3.32. The Labute approximate surface area is 201 Å². The minimum Gasteiger partial charge on any atom is -0.339 e. The molecule has 0 bridgehead atoms. The summed E-state index contributed by atoms with van der Waals surface area (Å²) in [5.41, 5.74) is 4.03. The van der Waals surface area contributed by atoms with Crippen LogP contribution < -0.4 is 4.90 Å². The van der Waals surface area contributed by atoms with E-state index in [1.165, 1.54) is 5.56 Å². The van der Waals surface area contributed by atoms with Crippen LogP contribution in [-0.4, -0.2) is 60.2 Å². The number of rotatable bonds is 3. The molecule has 178 valence electrons. The zero-order valence-electron chi connectivity index (χ0n) is 19.9. The first-order valence-electron chi connectivity index (χ1n) is 12.6. The molecule has 1 aliphatic carbocycles. The molecule has 2 aliphatic heterocycles. The van der Waals surface area contributed by atoms with Crippen molar-refractivity contribution in [2.75, 3.05) is 37.6 Å². The van der Waals surface area contributed by atoms with Crippen molar-refractivity contribution in [1.29, 1.82) is 0 Å². The third-order valence-corrected chi connectivity index (χ3v) is 7.73. The van der Waals surface area contributed by atoms with Gasteiger partial charge in [0.2, 0.25) is 11.8 Å². The van der Waals surface area contributed by atoms with Crippen LogP contribution in [0.3, 0.4) is 0 Å². The highest BCUT2D eigenvalue weighted by atomic mass is 16.2. The smallest absolute Gasteiger partial charge is 0.253 e. The SMILES string of the molecule is Cc1ccc(C(=O)N2CCN(C(=O)C3CCCCC3C(=O)N3CCc4ccccc43)CC2)cc1. The first-order chi connectivity index (χ1) is 16.5. The molecule has 2 atom stereocenters. The molecule has 1 saturated carbocycles. The van der Waals surface area contributed by atoms with E-state index >= 15 is 0 Å². The van der Waals surface area contributed by atoms with Crippen LogP contribution in [0.25, 0.3) is 0 Å². The molecule has 2 aromatic rings. The summed E-state index contributed by atoms with van der Waals surface area (Å²) < 4.78 is 0. The van der Waals surface area contributed by atoms with Gasteiger partial charge in [-0.2, -0.15) is 0 Å². The zero-order valence-corrected chi connectivity index (χ0v) is 19.9. The number of benzene rings is 2. The van der Waals surface area contributed by atoms with Crippen LogP contribution in [0.4, 0.5) is 5.69 Å². The molecule has 34 heavy (non-hydrogen) atoms. The van der Waals surface area contributed by atoms with Crippen molar-refractivity contribution >= 4 is 23.4 Å². The van der Waals surface area contributed by atoms with Crippen LogP contribution in [0, 0.1) is 18.8 Å². The first-order valence-corrected chi connectivity index (χ1v) is 12.6. The van der Waals surface area contributed by atoms with E-state index in [0.717, 1.165) is 43.4 Å². The van der Waals surface area contributed by atoms with Gasteiger partial charge in [-0.25, -0.2) is 0 Å². The summed E-state index contributed by atoms with van der Waals surface area (Å²) in [4.78, 5) is 45.6. The number of carbonyl (C=O) groups excluding carboxylic acids is 3. The summed E-state index contributed by atoms with van der Waals surface area (Å²) in [6.07, 6.45) is 4.41. The van der Waals surface area contributed by atoms with E-state index in [9.17, 15) is 14.4 Å². The van der Waals surface area contributed by atoms with E-state index in [4.69, 9.17) is 0 Å². The fourth-order valence-electron chi connectivity index (χ4n) is 5.73. The Morgan fingerprint density at radius 3 is 2.06 bits per heavy atom. The van der Waals surface area contributed by atoms with E-state index in [1.807, 2.05) is 64.1 Å². The second kappa shape index (κ2) is 9.61. The van der Waals surface area contributed by atoms with E-state index in [1.54, 1.807) is 0 Å². The highest BCUT2D eigenvalue weighted by molar-refractivity contribution is 5.99. The summed E-state index contributed by atoms with van der Waals surface area (Å²) in [5, 5.41) is 0. The maximum Gasteiger partial charge on any atom is 0.253 e. The van der Waals surface area contributed by atoms with E-state index in [-0.39, 0.29) is 29.6 Å². The van der Waals surface area contributed by atoms with Crippen LogP contribution in [0.15, 0.2) is 48.5 Å². The molecule has 0 radical (unpaired) electrons. The fraction of sp³-hybridized carbons (Fsp3) is 0.464. The number of amides is 3. The maximum atomic E-state index is 13.6. The minimum atomic E-state index is -0.256. The normalized spacial score (nSPS) is 22.4.